The first-order valence-corrected chi connectivity index (χ1v) is 15.7. The molecule has 9 heteroatoms. The maximum Gasteiger partial charge on any atom is 0.410 e. The molecule has 226 valence electrons. The summed E-state index contributed by atoms with van der Waals surface area (Å²) in [5.41, 5.74) is 2.10. The molecule has 0 saturated carbocycles. The number of piperidine rings is 1. The van der Waals surface area contributed by atoms with Crippen molar-refractivity contribution in [3.8, 4) is 0 Å². The van der Waals surface area contributed by atoms with E-state index in [2.05, 4.69) is 23.6 Å². The minimum Gasteiger partial charge on any atom is -0.445 e. The molecular formula is C33H42ClN3O4S. The second kappa shape index (κ2) is 16.5. The lowest BCUT2D eigenvalue weighted by Crippen LogP contribution is -2.48. The van der Waals surface area contributed by atoms with E-state index in [0.717, 1.165) is 50.0 Å². The Morgan fingerprint density at radius 3 is 2.14 bits per heavy atom. The van der Waals surface area contributed by atoms with Gasteiger partial charge in [-0.1, -0.05) is 84.9 Å². The molecule has 0 aromatic heterocycles. The van der Waals surface area contributed by atoms with Gasteiger partial charge in [-0.05, 0) is 55.0 Å². The van der Waals surface area contributed by atoms with Gasteiger partial charge in [0.2, 0.25) is 10.0 Å². The number of hydrogen-bond donors (Lipinski definition) is 0. The Bertz CT molecular complexity index is 1340. The number of likely N-dealkylation sites (tertiary alicyclic amines) is 1. The zero-order valence-electron chi connectivity index (χ0n) is 24.3. The predicted molar refractivity (Wildman–Crippen MR) is 170 cm³/mol. The Hall–Kier alpha value is -3.17. The number of sulfonamides is 1. The van der Waals surface area contributed by atoms with Crippen LogP contribution in [-0.4, -0.2) is 74.4 Å². The van der Waals surface area contributed by atoms with Gasteiger partial charge in [-0.15, -0.1) is 19.0 Å². The molecule has 1 atom stereocenters. The van der Waals surface area contributed by atoms with E-state index in [0.29, 0.717) is 18.0 Å². The van der Waals surface area contributed by atoms with E-state index in [-0.39, 0.29) is 37.1 Å². The molecule has 0 N–H and O–H groups in total. The maximum absolute atomic E-state index is 13.2. The molecule has 1 saturated heterocycles. The van der Waals surface area contributed by atoms with E-state index in [1.165, 1.54) is 4.31 Å². The highest BCUT2D eigenvalue weighted by Crippen LogP contribution is 2.26. The number of likely N-dealkylation sites (N-methyl/N-ethyl adjacent to an activating group) is 1. The van der Waals surface area contributed by atoms with Crippen LogP contribution >= 0.6 is 12.4 Å². The lowest BCUT2D eigenvalue weighted by Gasteiger charge is -2.38. The fourth-order valence-electron chi connectivity index (χ4n) is 5.38. The number of ether oxygens (including phenoxy) is 1. The largest absolute Gasteiger partial charge is 0.445 e. The zero-order chi connectivity index (χ0) is 29.1. The summed E-state index contributed by atoms with van der Waals surface area (Å²) in [5, 5.41) is 0. The maximum atomic E-state index is 13.2. The molecule has 0 unspecified atom stereocenters. The first kappa shape index (κ1) is 33.3. The van der Waals surface area contributed by atoms with E-state index in [9.17, 15) is 13.2 Å². The molecule has 1 fully saturated rings. The number of rotatable bonds is 13. The van der Waals surface area contributed by atoms with Gasteiger partial charge in [-0.25, -0.2) is 17.5 Å². The number of halogens is 1. The summed E-state index contributed by atoms with van der Waals surface area (Å²) in [6.07, 6.45) is 3.98. The van der Waals surface area contributed by atoms with Gasteiger partial charge in [0.15, 0.2) is 0 Å². The molecule has 0 spiro atoms. The second-order valence-corrected chi connectivity index (χ2v) is 12.6. The third-order valence-corrected chi connectivity index (χ3v) is 9.59. The van der Waals surface area contributed by atoms with Crippen molar-refractivity contribution in [2.24, 2.45) is 0 Å². The summed E-state index contributed by atoms with van der Waals surface area (Å²) in [4.78, 5) is 17.5. The Kier molecular flexibility index (Phi) is 13.1. The van der Waals surface area contributed by atoms with Crippen molar-refractivity contribution in [3.05, 3.63) is 115 Å². The van der Waals surface area contributed by atoms with Crippen molar-refractivity contribution in [2.75, 3.05) is 39.8 Å². The van der Waals surface area contributed by atoms with Crippen LogP contribution in [0.25, 0.3) is 0 Å². The molecule has 4 rings (SSSR count). The number of carbonyl (C=O) groups is 1. The highest BCUT2D eigenvalue weighted by molar-refractivity contribution is 7.89. The number of benzene rings is 3. The number of nitrogens with zero attached hydrogens (tertiary/aromatic N) is 3. The highest BCUT2D eigenvalue weighted by atomic mass is 35.5. The summed E-state index contributed by atoms with van der Waals surface area (Å²) in [5.74, 6) is 0.0580. The third-order valence-electron chi connectivity index (χ3n) is 7.76. The minimum atomic E-state index is -3.58. The van der Waals surface area contributed by atoms with Gasteiger partial charge >= 0.3 is 6.09 Å². The lowest BCUT2D eigenvalue weighted by molar-refractivity contribution is 0.0654. The van der Waals surface area contributed by atoms with E-state index >= 15 is 0 Å². The van der Waals surface area contributed by atoms with Crippen LogP contribution < -0.4 is 0 Å². The third kappa shape index (κ3) is 9.16. The van der Waals surface area contributed by atoms with Crippen LogP contribution in [0.1, 0.15) is 36.3 Å². The SMILES string of the molecule is C=CCN(C(=O)OCc1ccccc1)C1CCN(CC[C@H](CN(C)S(=O)(=O)c2ccccc2)c2ccccc2)CC1.Cl. The fraction of sp³-hybridized carbons (Fsp3) is 0.364. The highest BCUT2D eigenvalue weighted by Gasteiger charge is 2.29. The van der Waals surface area contributed by atoms with Gasteiger partial charge in [-0.2, -0.15) is 0 Å². The van der Waals surface area contributed by atoms with E-state index < -0.39 is 10.0 Å². The topological polar surface area (TPSA) is 70.2 Å². The Labute approximate surface area is 257 Å². The molecular weight excluding hydrogens is 570 g/mol. The van der Waals surface area contributed by atoms with Crippen molar-refractivity contribution in [2.45, 2.75) is 42.7 Å². The van der Waals surface area contributed by atoms with Gasteiger partial charge < -0.3 is 14.5 Å². The molecule has 0 radical (unpaired) electrons. The molecule has 7 nitrogen and oxygen atoms in total. The van der Waals surface area contributed by atoms with Crippen LogP contribution in [-0.2, 0) is 21.4 Å². The quantitative estimate of drug-likeness (QED) is 0.216. The van der Waals surface area contributed by atoms with Gasteiger partial charge in [0.25, 0.3) is 0 Å². The zero-order valence-corrected chi connectivity index (χ0v) is 25.9. The number of hydrogen-bond acceptors (Lipinski definition) is 5. The molecule has 1 heterocycles. The Morgan fingerprint density at radius 2 is 1.55 bits per heavy atom. The monoisotopic (exact) mass is 611 g/mol. The van der Waals surface area contributed by atoms with Crippen molar-refractivity contribution < 1.29 is 17.9 Å². The first-order valence-electron chi connectivity index (χ1n) is 14.3. The van der Waals surface area contributed by atoms with Gasteiger partial charge in [-0.3, -0.25) is 0 Å². The number of carbonyl (C=O) groups excluding carboxylic acids is 1. The van der Waals surface area contributed by atoms with Crippen molar-refractivity contribution in [3.63, 3.8) is 0 Å². The Morgan fingerprint density at radius 1 is 0.976 bits per heavy atom. The predicted octanol–water partition coefficient (Wildman–Crippen LogP) is 6.19. The second-order valence-electron chi connectivity index (χ2n) is 10.5. The van der Waals surface area contributed by atoms with Crippen LogP contribution in [0.15, 0.2) is 109 Å². The molecule has 42 heavy (non-hydrogen) atoms. The van der Waals surface area contributed by atoms with Crippen LogP contribution in [0.4, 0.5) is 4.79 Å². The summed E-state index contributed by atoms with van der Waals surface area (Å²) >= 11 is 0. The smallest absolute Gasteiger partial charge is 0.410 e. The van der Waals surface area contributed by atoms with E-state index in [4.69, 9.17) is 4.74 Å². The van der Waals surface area contributed by atoms with Gasteiger partial charge in [0, 0.05) is 39.3 Å². The van der Waals surface area contributed by atoms with Crippen LogP contribution in [0.3, 0.4) is 0 Å². The average Bonchev–Trinajstić information content (AvgIpc) is 3.02. The summed E-state index contributed by atoms with van der Waals surface area (Å²) in [7, 11) is -1.91. The standard InChI is InChI=1S/C33H41N3O4S.ClH/c1-3-22-36(33(37)40-27-28-13-7-4-8-14-28)31-20-24-35(25-21-31)23-19-30(29-15-9-5-10-16-29)26-34(2)41(38,39)32-17-11-6-12-18-32;/h3-18,30-31H,1,19-27H2,2H3;1H/t30-;/m1./s1. The van der Waals surface area contributed by atoms with Crippen molar-refractivity contribution >= 4 is 28.5 Å². The summed E-state index contributed by atoms with van der Waals surface area (Å²) in [6, 6.07) is 28.5. The molecule has 3 aromatic rings. The van der Waals surface area contributed by atoms with E-state index in [1.807, 2.05) is 54.6 Å². The molecule has 1 aliphatic heterocycles. The molecule has 0 aliphatic carbocycles. The van der Waals surface area contributed by atoms with Crippen molar-refractivity contribution in [1.29, 1.82) is 0 Å². The minimum absolute atomic E-state index is 0. The average molecular weight is 612 g/mol. The summed E-state index contributed by atoms with van der Waals surface area (Å²) < 4.78 is 33.5. The number of amides is 1. The van der Waals surface area contributed by atoms with Crippen LogP contribution in [0.5, 0.6) is 0 Å². The van der Waals surface area contributed by atoms with E-state index in [1.54, 1.807) is 42.3 Å². The summed E-state index contributed by atoms with van der Waals surface area (Å²) in [6.45, 7) is 7.53. The molecule has 1 aliphatic rings. The van der Waals surface area contributed by atoms with Gasteiger partial charge in [0.05, 0.1) is 4.90 Å². The molecule has 1 amide bonds. The molecule has 3 aromatic carbocycles. The van der Waals surface area contributed by atoms with Crippen molar-refractivity contribution in [1.82, 2.24) is 14.1 Å². The Balaban J connectivity index is 0.00000484. The lowest BCUT2D eigenvalue weighted by atomic mass is 9.94. The normalized spacial score (nSPS) is 15.0. The fourth-order valence-corrected chi connectivity index (χ4v) is 6.61. The molecule has 0 bridgehead atoms. The van der Waals surface area contributed by atoms with Gasteiger partial charge in [0.1, 0.15) is 6.61 Å². The first-order chi connectivity index (χ1) is 19.9. The van der Waals surface area contributed by atoms with Crippen LogP contribution in [0, 0.1) is 0 Å². The van der Waals surface area contributed by atoms with Crippen LogP contribution in [0.2, 0.25) is 0 Å².